The van der Waals surface area contributed by atoms with Crippen molar-refractivity contribution in [2.24, 2.45) is 0 Å². The topological polar surface area (TPSA) is 46.0 Å². The van der Waals surface area contributed by atoms with Crippen LogP contribution in [0.25, 0.3) is 10.9 Å². The molecule has 0 bridgehead atoms. The highest BCUT2D eigenvalue weighted by molar-refractivity contribution is 6.34. The van der Waals surface area contributed by atoms with Gasteiger partial charge in [-0.1, -0.05) is 18.5 Å². The fourth-order valence-corrected chi connectivity index (χ4v) is 1.53. The predicted molar refractivity (Wildman–Crippen MR) is 55.6 cm³/mol. The van der Waals surface area contributed by atoms with Gasteiger partial charge in [0, 0.05) is 11.8 Å². The number of fused-ring (bicyclic) bond motifs is 1. The van der Waals surface area contributed by atoms with Crippen molar-refractivity contribution < 1.29 is 5.11 Å². The predicted octanol–water partition coefficient (Wildman–Crippen LogP) is 2.55. The first kappa shape index (κ1) is 9.21. The zero-order chi connectivity index (χ0) is 10.1. The third-order valence-corrected chi connectivity index (χ3v) is 2.28. The van der Waals surface area contributed by atoms with Crippen LogP contribution in [0.15, 0.2) is 18.2 Å². The summed E-state index contributed by atoms with van der Waals surface area (Å²) in [6.45, 7) is 1.97. The number of hydrogen-bond donors (Lipinski definition) is 1. The summed E-state index contributed by atoms with van der Waals surface area (Å²) in [6, 6.07) is 4.89. The van der Waals surface area contributed by atoms with Crippen molar-refractivity contribution in [1.82, 2.24) is 9.97 Å². The van der Waals surface area contributed by atoms with Crippen LogP contribution in [0.4, 0.5) is 0 Å². The molecular formula is C10H9ClN2O. The number of aryl methyl sites for hydroxylation is 1. The van der Waals surface area contributed by atoms with Crippen molar-refractivity contribution in [2.75, 3.05) is 0 Å². The Morgan fingerprint density at radius 2 is 2.14 bits per heavy atom. The van der Waals surface area contributed by atoms with Crippen LogP contribution >= 0.6 is 11.6 Å². The maximum Gasteiger partial charge on any atom is 0.140 e. The summed E-state index contributed by atoms with van der Waals surface area (Å²) in [7, 11) is 0. The maximum atomic E-state index is 9.27. The Labute approximate surface area is 86.4 Å². The highest BCUT2D eigenvalue weighted by Crippen LogP contribution is 2.24. The van der Waals surface area contributed by atoms with E-state index in [1.807, 2.05) is 6.92 Å². The van der Waals surface area contributed by atoms with Gasteiger partial charge in [0.15, 0.2) is 0 Å². The lowest BCUT2D eigenvalue weighted by Gasteiger charge is -2.02. The number of aromatic nitrogens is 2. The lowest BCUT2D eigenvalue weighted by molar-refractivity contribution is 0.476. The minimum Gasteiger partial charge on any atom is -0.508 e. The van der Waals surface area contributed by atoms with E-state index in [-0.39, 0.29) is 5.75 Å². The molecule has 0 aliphatic carbocycles. The van der Waals surface area contributed by atoms with Crippen LogP contribution in [0.5, 0.6) is 5.75 Å². The summed E-state index contributed by atoms with van der Waals surface area (Å²) in [5, 5.41) is 10.3. The van der Waals surface area contributed by atoms with Gasteiger partial charge >= 0.3 is 0 Å². The van der Waals surface area contributed by atoms with Crippen LogP contribution in [0.2, 0.25) is 5.15 Å². The molecule has 0 fully saturated rings. The van der Waals surface area contributed by atoms with Crippen LogP contribution in [-0.4, -0.2) is 15.1 Å². The number of phenols is 1. The molecule has 0 saturated heterocycles. The van der Waals surface area contributed by atoms with E-state index >= 15 is 0 Å². The van der Waals surface area contributed by atoms with Gasteiger partial charge in [-0.25, -0.2) is 9.97 Å². The van der Waals surface area contributed by atoms with Crippen molar-refractivity contribution >= 4 is 22.5 Å². The number of nitrogens with zero attached hydrogens (tertiary/aromatic N) is 2. The fourth-order valence-electron chi connectivity index (χ4n) is 1.28. The largest absolute Gasteiger partial charge is 0.508 e. The zero-order valence-electron chi connectivity index (χ0n) is 7.66. The average molecular weight is 209 g/mol. The fraction of sp³-hybridized carbons (Fsp3) is 0.200. The second kappa shape index (κ2) is 3.42. The highest BCUT2D eigenvalue weighted by Gasteiger charge is 2.05. The van der Waals surface area contributed by atoms with Crippen LogP contribution < -0.4 is 0 Å². The van der Waals surface area contributed by atoms with Gasteiger partial charge in [-0.15, -0.1) is 0 Å². The SMILES string of the molecule is CCc1nc(Cl)c2cc(O)ccc2n1. The smallest absolute Gasteiger partial charge is 0.140 e. The van der Waals surface area contributed by atoms with Gasteiger partial charge in [0.05, 0.1) is 5.52 Å². The molecule has 4 heteroatoms. The van der Waals surface area contributed by atoms with Gasteiger partial charge in [-0.2, -0.15) is 0 Å². The van der Waals surface area contributed by atoms with E-state index in [1.54, 1.807) is 18.2 Å². The van der Waals surface area contributed by atoms with E-state index in [0.717, 1.165) is 11.9 Å². The molecule has 0 aliphatic heterocycles. The van der Waals surface area contributed by atoms with Gasteiger partial charge < -0.3 is 5.11 Å². The monoisotopic (exact) mass is 208 g/mol. The molecule has 0 amide bonds. The van der Waals surface area contributed by atoms with E-state index < -0.39 is 0 Å². The third kappa shape index (κ3) is 1.51. The minimum atomic E-state index is 0.173. The molecule has 0 saturated carbocycles. The van der Waals surface area contributed by atoms with Crippen LogP contribution in [-0.2, 0) is 6.42 Å². The second-order valence-corrected chi connectivity index (χ2v) is 3.34. The number of phenolic OH excluding ortho intramolecular Hbond substituents is 1. The summed E-state index contributed by atoms with van der Waals surface area (Å²) in [4.78, 5) is 8.39. The van der Waals surface area contributed by atoms with Crippen molar-refractivity contribution in [3.8, 4) is 5.75 Å². The van der Waals surface area contributed by atoms with Crippen molar-refractivity contribution in [3.63, 3.8) is 0 Å². The van der Waals surface area contributed by atoms with Crippen LogP contribution in [0.3, 0.4) is 0 Å². The Morgan fingerprint density at radius 1 is 1.36 bits per heavy atom. The molecule has 0 aliphatic rings. The summed E-state index contributed by atoms with van der Waals surface area (Å²) in [5.41, 5.74) is 0.764. The first-order valence-corrected chi connectivity index (χ1v) is 4.73. The summed E-state index contributed by atoms with van der Waals surface area (Å²) < 4.78 is 0. The Bertz CT molecular complexity index is 485. The summed E-state index contributed by atoms with van der Waals surface area (Å²) in [5.74, 6) is 0.889. The lowest BCUT2D eigenvalue weighted by Crippen LogP contribution is -1.94. The van der Waals surface area contributed by atoms with Gasteiger partial charge in [0.1, 0.15) is 16.7 Å². The van der Waals surface area contributed by atoms with Crippen molar-refractivity contribution in [3.05, 3.63) is 29.2 Å². The Hall–Kier alpha value is -1.35. The molecular weight excluding hydrogens is 200 g/mol. The minimum absolute atomic E-state index is 0.173. The molecule has 0 unspecified atom stereocenters. The molecule has 1 heterocycles. The Balaban J connectivity index is 2.76. The standard InChI is InChI=1S/C10H9ClN2O/c1-2-9-12-8-4-3-6(14)5-7(8)10(11)13-9/h3-5,14H,2H2,1H3. The number of halogens is 1. The van der Waals surface area contributed by atoms with Gasteiger partial charge in [0.2, 0.25) is 0 Å². The van der Waals surface area contributed by atoms with Crippen molar-refractivity contribution in [2.45, 2.75) is 13.3 Å². The molecule has 1 N–H and O–H groups in total. The third-order valence-electron chi connectivity index (χ3n) is 2.00. The maximum absolute atomic E-state index is 9.27. The Kier molecular flexibility index (Phi) is 2.25. The number of aromatic hydroxyl groups is 1. The van der Waals surface area contributed by atoms with Crippen LogP contribution in [0, 0.1) is 0 Å². The normalized spacial score (nSPS) is 10.7. The summed E-state index contributed by atoms with van der Waals surface area (Å²) in [6.07, 6.45) is 0.747. The van der Waals surface area contributed by atoms with Gasteiger partial charge in [-0.3, -0.25) is 0 Å². The first-order valence-electron chi connectivity index (χ1n) is 4.36. The second-order valence-electron chi connectivity index (χ2n) is 2.99. The molecule has 2 rings (SSSR count). The molecule has 1 aromatic carbocycles. The van der Waals surface area contributed by atoms with Gasteiger partial charge in [-0.05, 0) is 18.2 Å². The molecule has 2 aromatic rings. The van der Waals surface area contributed by atoms with E-state index in [4.69, 9.17) is 11.6 Å². The molecule has 1 aromatic heterocycles. The molecule has 14 heavy (non-hydrogen) atoms. The molecule has 0 atom stereocenters. The quantitative estimate of drug-likeness (QED) is 0.733. The number of hydrogen-bond acceptors (Lipinski definition) is 3. The molecule has 0 spiro atoms. The van der Waals surface area contributed by atoms with Crippen molar-refractivity contribution in [1.29, 1.82) is 0 Å². The average Bonchev–Trinajstić information content (AvgIpc) is 2.19. The number of benzene rings is 1. The zero-order valence-corrected chi connectivity index (χ0v) is 8.41. The van der Waals surface area contributed by atoms with E-state index in [1.165, 1.54) is 0 Å². The van der Waals surface area contributed by atoms with Gasteiger partial charge in [0.25, 0.3) is 0 Å². The van der Waals surface area contributed by atoms with E-state index in [2.05, 4.69) is 9.97 Å². The highest BCUT2D eigenvalue weighted by atomic mass is 35.5. The lowest BCUT2D eigenvalue weighted by atomic mass is 10.2. The molecule has 3 nitrogen and oxygen atoms in total. The number of rotatable bonds is 1. The Morgan fingerprint density at radius 3 is 2.86 bits per heavy atom. The first-order chi connectivity index (χ1) is 6.70. The van der Waals surface area contributed by atoms with Crippen LogP contribution in [0.1, 0.15) is 12.7 Å². The summed E-state index contributed by atoms with van der Waals surface area (Å²) >= 11 is 5.95. The van der Waals surface area contributed by atoms with E-state index in [9.17, 15) is 5.11 Å². The molecule has 0 radical (unpaired) electrons. The molecule has 72 valence electrons. The van der Waals surface area contributed by atoms with E-state index in [0.29, 0.717) is 16.4 Å².